The molecule has 0 spiro atoms. The van der Waals surface area contributed by atoms with Gasteiger partial charge in [-0.15, -0.1) is 0 Å². The van der Waals surface area contributed by atoms with Crippen molar-refractivity contribution in [3.05, 3.63) is 65.0 Å². The molecule has 0 aromatic heterocycles. The molecule has 1 amide bonds. The number of hydrogen-bond acceptors (Lipinski definition) is 6. The fourth-order valence-electron chi connectivity index (χ4n) is 4.14. The number of ether oxygens (including phenoxy) is 2. The SMILES string of the molecule is O=C([C@H](CO)c1ccc(F)cc1)N1CC(=C2CN(S(=O)(=O)c3ccc4c(c3)OCCO4)C2)C1. The van der Waals surface area contributed by atoms with Gasteiger partial charge < -0.3 is 19.5 Å². The monoisotopic (exact) mass is 474 g/mol. The van der Waals surface area contributed by atoms with Gasteiger partial charge in [-0.05, 0) is 41.0 Å². The van der Waals surface area contributed by atoms with Crippen molar-refractivity contribution >= 4 is 15.9 Å². The Morgan fingerprint density at radius 2 is 1.61 bits per heavy atom. The first kappa shape index (κ1) is 21.9. The van der Waals surface area contributed by atoms with Gasteiger partial charge in [0.2, 0.25) is 15.9 Å². The van der Waals surface area contributed by atoms with Crippen molar-refractivity contribution in [2.75, 3.05) is 46.0 Å². The lowest BCUT2D eigenvalue weighted by molar-refractivity contribution is -0.135. The van der Waals surface area contributed by atoms with E-state index in [0.29, 0.717) is 43.4 Å². The van der Waals surface area contributed by atoms with Crippen molar-refractivity contribution in [2.24, 2.45) is 0 Å². The molecule has 3 heterocycles. The number of aliphatic hydroxyl groups is 1. The average Bonchev–Trinajstić information content (AvgIpc) is 2.75. The molecule has 3 aliphatic rings. The highest BCUT2D eigenvalue weighted by atomic mass is 32.2. The third-order valence-corrected chi connectivity index (χ3v) is 8.00. The molecule has 174 valence electrons. The highest BCUT2D eigenvalue weighted by molar-refractivity contribution is 7.89. The second-order valence-corrected chi connectivity index (χ2v) is 10.2. The third-order valence-electron chi connectivity index (χ3n) is 6.21. The van der Waals surface area contributed by atoms with Gasteiger partial charge in [0.05, 0.1) is 17.4 Å². The van der Waals surface area contributed by atoms with E-state index in [1.807, 2.05) is 0 Å². The molecule has 0 saturated carbocycles. The van der Waals surface area contributed by atoms with E-state index in [1.165, 1.54) is 40.7 Å². The summed E-state index contributed by atoms with van der Waals surface area (Å²) in [6, 6.07) is 10.1. The lowest BCUT2D eigenvalue weighted by atomic mass is 9.92. The fourth-order valence-corrected chi connectivity index (χ4v) is 5.59. The van der Waals surface area contributed by atoms with E-state index >= 15 is 0 Å². The van der Waals surface area contributed by atoms with Gasteiger partial charge in [-0.3, -0.25) is 4.79 Å². The molecular weight excluding hydrogens is 451 g/mol. The van der Waals surface area contributed by atoms with Gasteiger partial charge in [-0.1, -0.05) is 12.1 Å². The predicted octanol–water partition coefficient (Wildman–Crippen LogP) is 1.52. The standard InChI is InChI=1S/C23H23FN2O6S/c24-18-3-1-15(2-4-18)20(14-27)23(28)25-10-16(11-25)17-12-26(13-17)33(29,30)19-5-6-21-22(9-19)32-8-7-31-21/h1-6,9,20,27H,7-8,10-14H2/t20-/m1/s1. The maximum absolute atomic E-state index is 13.2. The fraction of sp³-hybridized carbons (Fsp3) is 0.348. The summed E-state index contributed by atoms with van der Waals surface area (Å²) >= 11 is 0. The predicted molar refractivity (Wildman–Crippen MR) is 116 cm³/mol. The Labute approximate surface area is 190 Å². The van der Waals surface area contributed by atoms with Crippen molar-refractivity contribution in [2.45, 2.75) is 10.8 Å². The summed E-state index contributed by atoms with van der Waals surface area (Å²) in [5.41, 5.74) is 2.60. The van der Waals surface area contributed by atoms with Crippen molar-refractivity contribution in [1.29, 1.82) is 0 Å². The second-order valence-electron chi connectivity index (χ2n) is 8.27. The molecule has 2 saturated heterocycles. The number of nitrogens with zero attached hydrogens (tertiary/aromatic N) is 2. The average molecular weight is 475 g/mol. The zero-order valence-electron chi connectivity index (χ0n) is 17.7. The van der Waals surface area contributed by atoms with Crippen LogP contribution in [0.2, 0.25) is 0 Å². The highest BCUT2D eigenvalue weighted by Crippen LogP contribution is 2.36. The van der Waals surface area contributed by atoms with E-state index in [-0.39, 0.29) is 30.5 Å². The number of fused-ring (bicyclic) bond motifs is 1. The van der Waals surface area contributed by atoms with Crippen LogP contribution in [0.4, 0.5) is 4.39 Å². The molecule has 5 rings (SSSR count). The molecule has 3 aliphatic heterocycles. The molecule has 1 atom stereocenters. The third kappa shape index (κ3) is 3.98. The maximum Gasteiger partial charge on any atom is 0.243 e. The number of halogens is 1. The highest BCUT2D eigenvalue weighted by Gasteiger charge is 2.39. The van der Waals surface area contributed by atoms with Gasteiger partial charge in [0.25, 0.3) is 0 Å². The minimum absolute atomic E-state index is 0.159. The number of aliphatic hydroxyl groups excluding tert-OH is 1. The van der Waals surface area contributed by atoms with Crippen molar-refractivity contribution in [3.63, 3.8) is 0 Å². The number of likely N-dealkylation sites (tertiary alicyclic amines) is 1. The molecule has 10 heteroatoms. The molecule has 2 aromatic rings. The van der Waals surface area contributed by atoms with Crippen LogP contribution in [-0.2, 0) is 14.8 Å². The van der Waals surface area contributed by atoms with E-state index in [2.05, 4.69) is 0 Å². The van der Waals surface area contributed by atoms with E-state index in [9.17, 15) is 22.7 Å². The first-order chi connectivity index (χ1) is 15.9. The normalized spacial score (nSPS) is 19.0. The first-order valence-corrected chi connectivity index (χ1v) is 12.1. The van der Waals surface area contributed by atoms with E-state index in [0.717, 1.165) is 11.1 Å². The molecule has 0 bridgehead atoms. The molecule has 0 unspecified atom stereocenters. The van der Waals surface area contributed by atoms with Crippen LogP contribution < -0.4 is 9.47 Å². The number of carbonyl (C=O) groups excluding carboxylic acids is 1. The van der Waals surface area contributed by atoms with Gasteiger partial charge in [0.15, 0.2) is 11.5 Å². The maximum atomic E-state index is 13.2. The van der Waals surface area contributed by atoms with Crippen molar-refractivity contribution in [3.8, 4) is 11.5 Å². The van der Waals surface area contributed by atoms with Crippen LogP contribution in [0.3, 0.4) is 0 Å². The van der Waals surface area contributed by atoms with Gasteiger partial charge in [-0.2, -0.15) is 4.31 Å². The first-order valence-electron chi connectivity index (χ1n) is 10.6. The molecule has 2 fully saturated rings. The van der Waals surface area contributed by atoms with Gasteiger partial charge in [0.1, 0.15) is 19.0 Å². The largest absolute Gasteiger partial charge is 0.486 e. The van der Waals surface area contributed by atoms with Crippen LogP contribution in [-0.4, -0.2) is 74.6 Å². The minimum Gasteiger partial charge on any atom is -0.486 e. The van der Waals surface area contributed by atoms with Crippen molar-refractivity contribution < 1.29 is 32.2 Å². The topological polar surface area (TPSA) is 96.4 Å². The molecule has 0 radical (unpaired) electrons. The summed E-state index contributed by atoms with van der Waals surface area (Å²) in [6.07, 6.45) is 0. The molecule has 8 nitrogen and oxygen atoms in total. The van der Waals surface area contributed by atoms with Crippen LogP contribution in [0, 0.1) is 5.82 Å². The Balaban J connectivity index is 1.21. The number of hydrogen-bond donors (Lipinski definition) is 1. The van der Waals surface area contributed by atoms with Crippen LogP contribution in [0.25, 0.3) is 0 Å². The Kier molecular flexibility index (Phi) is 5.59. The van der Waals surface area contributed by atoms with Crippen molar-refractivity contribution in [1.82, 2.24) is 9.21 Å². The summed E-state index contributed by atoms with van der Waals surface area (Å²) in [5, 5.41) is 9.68. The summed E-state index contributed by atoms with van der Waals surface area (Å²) in [7, 11) is -3.65. The number of carbonyl (C=O) groups is 1. The second kappa shape index (κ2) is 8.44. The lowest BCUT2D eigenvalue weighted by Gasteiger charge is -2.42. The zero-order valence-corrected chi connectivity index (χ0v) is 18.6. The van der Waals surface area contributed by atoms with E-state index in [4.69, 9.17) is 9.47 Å². The van der Waals surface area contributed by atoms with Crippen LogP contribution in [0.1, 0.15) is 11.5 Å². The minimum atomic E-state index is -3.65. The molecular formula is C23H23FN2O6S. The lowest BCUT2D eigenvalue weighted by Crippen LogP contribution is -2.52. The Morgan fingerprint density at radius 3 is 2.27 bits per heavy atom. The number of benzene rings is 2. The Hall–Kier alpha value is -2.95. The van der Waals surface area contributed by atoms with Crippen LogP contribution in [0.5, 0.6) is 11.5 Å². The van der Waals surface area contributed by atoms with Crippen LogP contribution >= 0.6 is 0 Å². The Morgan fingerprint density at radius 1 is 0.970 bits per heavy atom. The number of sulfonamides is 1. The van der Waals surface area contributed by atoms with E-state index < -0.39 is 21.8 Å². The molecule has 2 aromatic carbocycles. The van der Waals surface area contributed by atoms with E-state index in [1.54, 1.807) is 11.0 Å². The van der Waals surface area contributed by atoms with Gasteiger partial charge >= 0.3 is 0 Å². The summed E-state index contributed by atoms with van der Waals surface area (Å²) in [4.78, 5) is 14.5. The molecule has 1 N–H and O–H groups in total. The Bertz CT molecular complexity index is 1210. The number of amides is 1. The molecule has 0 aliphatic carbocycles. The zero-order chi connectivity index (χ0) is 23.2. The van der Waals surface area contributed by atoms with Crippen LogP contribution in [0.15, 0.2) is 58.5 Å². The van der Waals surface area contributed by atoms with Gasteiger partial charge in [-0.25, -0.2) is 12.8 Å². The summed E-state index contributed by atoms with van der Waals surface area (Å²) in [5.74, 6) is -0.416. The summed E-state index contributed by atoms with van der Waals surface area (Å²) in [6.45, 7) is 1.83. The van der Waals surface area contributed by atoms with Gasteiger partial charge in [0, 0.05) is 32.2 Å². The number of rotatable bonds is 5. The quantitative estimate of drug-likeness (QED) is 0.660. The summed E-state index contributed by atoms with van der Waals surface area (Å²) < 4.78 is 51.4. The smallest absolute Gasteiger partial charge is 0.243 e. The molecule has 33 heavy (non-hydrogen) atoms.